The molecule has 6 heteroatoms. The third kappa shape index (κ3) is 4.64. The Kier molecular flexibility index (Phi) is 6.78. The molecule has 1 unspecified atom stereocenters. The topological polar surface area (TPSA) is 33.1 Å². The number of nitrogens with one attached hydrogen (secondary N) is 1. The molecule has 1 rings (SSSR count). The van der Waals surface area contributed by atoms with Crippen molar-refractivity contribution in [3.8, 4) is 0 Å². The summed E-state index contributed by atoms with van der Waals surface area (Å²) in [5, 5.41) is 7.87. The molecule has 1 aromatic rings. The molecule has 0 saturated carbocycles. The number of hydrogen-bond donors (Lipinski definition) is 1. The highest BCUT2D eigenvalue weighted by atomic mass is 127. The van der Waals surface area contributed by atoms with Crippen molar-refractivity contribution >= 4 is 28.5 Å². The Balaban J connectivity index is 3.16. The molecule has 0 aliphatic carbocycles. The van der Waals surface area contributed by atoms with Gasteiger partial charge in [0.05, 0.1) is 18.1 Å². The van der Waals surface area contributed by atoms with Crippen LogP contribution in [0.15, 0.2) is 24.3 Å². The molecule has 0 aliphatic heterocycles. The molecule has 20 heavy (non-hydrogen) atoms. The number of rotatable bonds is 6. The van der Waals surface area contributed by atoms with Gasteiger partial charge in [0.1, 0.15) is 0 Å². The molecular weight excluding hydrogens is 382 g/mol. The van der Waals surface area contributed by atoms with Crippen LogP contribution < -0.4 is 0 Å². The zero-order valence-corrected chi connectivity index (χ0v) is 13.3. The number of alkyl halides is 4. The number of hydrogen-bond acceptors (Lipinski definition) is 2. The summed E-state index contributed by atoms with van der Waals surface area (Å²) >= 11 is 2.18. The standard InChI is InChI=1S/C14H17F3INO/c1-2-20-13(19)11(7-5-9-18)10-6-3-4-8-12(10)14(15,16)17/h3-4,6,8,11,19H,2,5,7,9H2,1H3. The molecule has 0 heterocycles. The SMILES string of the molecule is CCOC(=N)C(CCCI)c1ccccc1C(F)(F)F. The van der Waals surface area contributed by atoms with Crippen LogP contribution in [0.1, 0.15) is 36.8 Å². The van der Waals surface area contributed by atoms with E-state index in [1.807, 2.05) is 0 Å². The number of benzene rings is 1. The molecule has 0 spiro atoms. The van der Waals surface area contributed by atoms with Gasteiger partial charge in [0.2, 0.25) is 0 Å². The van der Waals surface area contributed by atoms with E-state index in [4.69, 9.17) is 10.1 Å². The van der Waals surface area contributed by atoms with Gasteiger partial charge in [-0.3, -0.25) is 5.41 Å². The molecule has 0 fully saturated rings. The Morgan fingerprint density at radius 3 is 2.55 bits per heavy atom. The molecule has 0 bridgehead atoms. The Hall–Kier alpha value is -0.790. The van der Waals surface area contributed by atoms with Crippen molar-refractivity contribution < 1.29 is 17.9 Å². The average Bonchev–Trinajstić information content (AvgIpc) is 2.39. The van der Waals surface area contributed by atoms with Crippen LogP contribution in [0.2, 0.25) is 0 Å². The Bertz CT molecular complexity index is 448. The van der Waals surface area contributed by atoms with Gasteiger partial charge in [0.25, 0.3) is 0 Å². The Morgan fingerprint density at radius 2 is 2.00 bits per heavy atom. The van der Waals surface area contributed by atoms with Gasteiger partial charge >= 0.3 is 6.18 Å². The summed E-state index contributed by atoms with van der Waals surface area (Å²) in [6.07, 6.45) is -3.19. The van der Waals surface area contributed by atoms with Gasteiger partial charge < -0.3 is 4.74 Å². The van der Waals surface area contributed by atoms with Crippen LogP contribution in [0.3, 0.4) is 0 Å². The molecule has 1 N–H and O–H groups in total. The van der Waals surface area contributed by atoms with Gasteiger partial charge in [-0.05, 0) is 35.8 Å². The largest absolute Gasteiger partial charge is 0.481 e. The predicted octanol–water partition coefficient (Wildman–Crippen LogP) is 5.02. The maximum Gasteiger partial charge on any atom is 0.416 e. The van der Waals surface area contributed by atoms with E-state index in [1.165, 1.54) is 12.1 Å². The lowest BCUT2D eigenvalue weighted by molar-refractivity contribution is -0.138. The molecule has 0 radical (unpaired) electrons. The third-order valence-electron chi connectivity index (χ3n) is 2.88. The molecule has 1 aromatic carbocycles. The summed E-state index contributed by atoms with van der Waals surface area (Å²) in [4.78, 5) is 0. The van der Waals surface area contributed by atoms with Crippen molar-refractivity contribution in [1.82, 2.24) is 0 Å². The molecule has 112 valence electrons. The van der Waals surface area contributed by atoms with Crippen molar-refractivity contribution in [2.45, 2.75) is 31.9 Å². The zero-order chi connectivity index (χ0) is 15.2. The summed E-state index contributed by atoms with van der Waals surface area (Å²) in [5.74, 6) is -0.725. The second kappa shape index (κ2) is 7.85. The molecule has 0 aliphatic rings. The fourth-order valence-electron chi connectivity index (χ4n) is 2.02. The minimum Gasteiger partial charge on any atom is -0.481 e. The predicted molar refractivity (Wildman–Crippen MR) is 81.7 cm³/mol. The molecular formula is C14H17F3INO. The first kappa shape index (κ1) is 17.3. The van der Waals surface area contributed by atoms with Crippen LogP contribution >= 0.6 is 22.6 Å². The van der Waals surface area contributed by atoms with E-state index in [0.29, 0.717) is 6.42 Å². The molecule has 0 saturated heterocycles. The fraction of sp³-hybridized carbons (Fsp3) is 0.500. The van der Waals surface area contributed by atoms with Crippen LogP contribution in [-0.2, 0) is 10.9 Å². The van der Waals surface area contributed by atoms with E-state index in [0.717, 1.165) is 16.9 Å². The number of halogens is 4. The lowest BCUT2D eigenvalue weighted by Crippen LogP contribution is -2.20. The van der Waals surface area contributed by atoms with Crippen LogP contribution in [0.5, 0.6) is 0 Å². The lowest BCUT2D eigenvalue weighted by Gasteiger charge is -2.22. The van der Waals surface area contributed by atoms with Gasteiger partial charge in [-0.25, -0.2) is 0 Å². The van der Waals surface area contributed by atoms with Gasteiger partial charge in [-0.2, -0.15) is 13.2 Å². The smallest absolute Gasteiger partial charge is 0.416 e. The number of ether oxygens (including phenoxy) is 1. The summed E-state index contributed by atoms with van der Waals surface area (Å²) in [5.41, 5.74) is -0.550. The highest BCUT2D eigenvalue weighted by Crippen LogP contribution is 2.37. The Labute approximate surface area is 130 Å². The fourth-order valence-corrected chi connectivity index (χ4v) is 2.46. The summed E-state index contributed by atoms with van der Waals surface area (Å²) < 4.78 is 45.2. The van der Waals surface area contributed by atoms with E-state index in [2.05, 4.69) is 22.6 Å². The van der Waals surface area contributed by atoms with Crippen LogP contribution in [0.25, 0.3) is 0 Å². The normalized spacial score (nSPS) is 13.1. The first-order chi connectivity index (χ1) is 9.41. The molecule has 1 atom stereocenters. The second-order valence-corrected chi connectivity index (χ2v) is 5.34. The molecule has 2 nitrogen and oxygen atoms in total. The lowest BCUT2D eigenvalue weighted by atomic mass is 9.90. The van der Waals surface area contributed by atoms with Crippen molar-refractivity contribution in [2.24, 2.45) is 0 Å². The highest BCUT2D eigenvalue weighted by Gasteiger charge is 2.36. The van der Waals surface area contributed by atoms with Crippen LogP contribution in [0.4, 0.5) is 13.2 Å². The maximum absolute atomic E-state index is 13.1. The summed E-state index contributed by atoms with van der Waals surface area (Å²) in [6, 6.07) is 5.44. The highest BCUT2D eigenvalue weighted by molar-refractivity contribution is 14.1. The van der Waals surface area contributed by atoms with Crippen molar-refractivity contribution in [2.75, 3.05) is 11.0 Å². The first-order valence-electron chi connectivity index (χ1n) is 6.35. The monoisotopic (exact) mass is 399 g/mol. The second-order valence-electron chi connectivity index (χ2n) is 4.27. The van der Waals surface area contributed by atoms with E-state index >= 15 is 0 Å². The minimum absolute atomic E-state index is 0.0888. The maximum atomic E-state index is 13.1. The van der Waals surface area contributed by atoms with Crippen LogP contribution in [-0.4, -0.2) is 16.9 Å². The quantitative estimate of drug-likeness (QED) is 0.310. The third-order valence-corrected chi connectivity index (χ3v) is 3.65. The van der Waals surface area contributed by atoms with Crippen molar-refractivity contribution in [3.05, 3.63) is 35.4 Å². The van der Waals surface area contributed by atoms with Gasteiger partial charge in [0.15, 0.2) is 5.90 Å². The van der Waals surface area contributed by atoms with E-state index in [1.54, 1.807) is 13.0 Å². The summed E-state index contributed by atoms with van der Waals surface area (Å²) in [7, 11) is 0. The van der Waals surface area contributed by atoms with Gasteiger partial charge in [-0.15, -0.1) is 0 Å². The minimum atomic E-state index is -4.41. The zero-order valence-electron chi connectivity index (χ0n) is 11.1. The molecule has 0 amide bonds. The van der Waals surface area contributed by atoms with E-state index in [-0.39, 0.29) is 18.1 Å². The molecule has 0 aromatic heterocycles. The van der Waals surface area contributed by atoms with Gasteiger partial charge in [-0.1, -0.05) is 40.8 Å². The average molecular weight is 399 g/mol. The Morgan fingerprint density at radius 1 is 1.35 bits per heavy atom. The van der Waals surface area contributed by atoms with Gasteiger partial charge in [0, 0.05) is 0 Å². The van der Waals surface area contributed by atoms with Crippen molar-refractivity contribution in [3.63, 3.8) is 0 Å². The first-order valence-corrected chi connectivity index (χ1v) is 7.87. The summed E-state index contributed by atoms with van der Waals surface area (Å²) in [6.45, 7) is 2.01. The van der Waals surface area contributed by atoms with Crippen molar-refractivity contribution in [1.29, 1.82) is 5.41 Å². The van der Waals surface area contributed by atoms with E-state index < -0.39 is 17.7 Å². The van der Waals surface area contributed by atoms with E-state index in [9.17, 15) is 13.2 Å². The van der Waals surface area contributed by atoms with Crippen LogP contribution in [0, 0.1) is 5.41 Å².